The Hall–Kier alpha value is -2.40. The molecule has 5 heterocycles. The minimum atomic E-state index is -2.16. The second kappa shape index (κ2) is 8.31. The molecule has 2 bridgehead atoms. The number of hydrogen-bond acceptors (Lipinski definition) is 10. The largest absolute Gasteiger partial charge is 0.456 e. The van der Waals surface area contributed by atoms with E-state index in [1.54, 1.807) is 39.8 Å². The third-order valence-corrected chi connectivity index (χ3v) is 10.3. The fourth-order valence-corrected chi connectivity index (χ4v) is 8.49. The number of allylic oxidation sites excluding steroid dienone is 2. The van der Waals surface area contributed by atoms with Crippen LogP contribution < -0.4 is 0 Å². The van der Waals surface area contributed by atoms with Crippen molar-refractivity contribution in [2.24, 2.45) is 23.2 Å². The molecule has 5 aliphatic heterocycles. The highest BCUT2D eigenvalue weighted by atomic mass is 16.7. The molecule has 0 unspecified atom stereocenters. The topological polar surface area (TPSA) is 146 Å². The van der Waals surface area contributed by atoms with Gasteiger partial charge >= 0.3 is 11.9 Å². The van der Waals surface area contributed by atoms with Gasteiger partial charge in [-0.3, -0.25) is 14.4 Å². The van der Waals surface area contributed by atoms with Crippen molar-refractivity contribution in [3.05, 3.63) is 23.5 Å². The van der Waals surface area contributed by atoms with E-state index >= 15 is 0 Å². The molecule has 1 aliphatic carbocycles. The lowest BCUT2D eigenvalue weighted by Crippen LogP contribution is -2.51. The van der Waals surface area contributed by atoms with Crippen molar-refractivity contribution in [2.45, 2.75) is 101 Å². The number of ketones is 2. The van der Waals surface area contributed by atoms with Crippen LogP contribution in [-0.4, -0.2) is 69.0 Å². The maximum absolute atomic E-state index is 13.8. The highest BCUT2D eigenvalue weighted by molar-refractivity contribution is 5.95. The van der Waals surface area contributed by atoms with Crippen molar-refractivity contribution < 1.29 is 48.3 Å². The van der Waals surface area contributed by atoms with E-state index in [0.717, 1.165) is 0 Å². The van der Waals surface area contributed by atoms with Gasteiger partial charge in [-0.05, 0) is 51.7 Å². The maximum atomic E-state index is 13.8. The Morgan fingerprint density at radius 3 is 2.59 bits per heavy atom. The molecule has 6 rings (SSSR count). The zero-order valence-corrected chi connectivity index (χ0v) is 22.8. The first-order valence-corrected chi connectivity index (χ1v) is 13.8. The van der Waals surface area contributed by atoms with Crippen LogP contribution in [0.2, 0.25) is 0 Å². The van der Waals surface area contributed by atoms with Gasteiger partial charge < -0.3 is 29.2 Å². The van der Waals surface area contributed by atoms with E-state index in [1.165, 1.54) is 0 Å². The Bertz CT molecular complexity index is 1240. The van der Waals surface area contributed by atoms with Gasteiger partial charge in [-0.2, -0.15) is 0 Å². The Balaban J connectivity index is 1.33. The average molecular weight is 545 g/mol. The quantitative estimate of drug-likeness (QED) is 0.504. The SMILES string of the molecule is CC1=CC(=C[C@@H](C)C(=O)[C@@]2(C)CC[C@]34C[C@]56OC(=O)C[C@H]5O[C@@](C)(CO)[C@@H]6CC[C@H]3C(=O)[C@@](O)(C2)O4)OC1=O. The van der Waals surface area contributed by atoms with Crippen molar-refractivity contribution in [3.8, 4) is 0 Å². The van der Waals surface area contributed by atoms with Gasteiger partial charge in [0.25, 0.3) is 0 Å². The van der Waals surface area contributed by atoms with E-state index < -0.39 is 63.7 Å². The van der Waals surface area contributed by atoms with Crippen LogP contribution in [0.25, 0.3) is 0 Å². The second-order valence-electron chi connectivity index (χ2n) is 13.1. The number of carbonyl (C=O) groups is 4. The molecule has 0 amide bonds. The minimum absolute atomic E-state index is 0.0475. The molecule has 1 saturated carbocycles. The van der Waals surface area contributed by atoms with Crippen LogP contribution in [0, 0.1) is 23.2 Å². The normalized spacial score (nSPS) is 48.5. The molecule has 0 aromatic heterocycles. The van der Waals surface area contributed by atoms with Crippen LogP contribution >= 0.6 is 0 Å². The Labute approximate surface area is 226 Å². The van der Waals surface area contributed by atoms with Gasteiger partial charge in [-0.25, -0.2) is 4.79 Å². The Morgan fingerprint density at radius 1 is 1.18 bits per heavy atom. The monoisotopic (exact) mass is 544 g/mol. The van der Waals surface area contributed by atoms with Crippen molar-refractivity contribution in [3.63, 3.8) is 0 Å². The first-order valence-electron chi connectivity index (χ1n) is 13.8. The summed E-state index contributed by atoms with van der Waals surface area (Å²) in [5, 5.41) is 21.9. The number of hydrogen-bond donors (Lipinski definition) is 2. The lowest BCUT2D eigenvalue weighted by atomic mass is 9.64. The van der Waals surface area contributed by atoms with Crippen molar-refractivity contribution >= 4 is 23.5 Å². The molecule has 0 aromatic rings. The zero-order chi connectivity index (χ0) is 28.2. The van der Waals surface area contributed by atoms with E-state index in [-0.39, 0.29) is 37.6 Å². The molecular weight excluding hydrogens is 508 g/mol. The Kier molecular flexibility index (Phi) is 5.71. The van der Waals surface area contributed by atoms with E-state index in [2.05, 4.69) is 0 Å². The molecule has 4 saturated heterocycles. The summed E-state index contributed by atoms with van der Waals surface area (Å²) in [6.45, 7) is 6.63. The third-order valence-electron chi connectivity index (χ3n) is 10.3. The third kappa shape index (κ3) is 3.67. The molecule has 0 aromatic carbocycles. The number of cyclic esters (lactones) is 1. The van der Waals surface area contributed by atoms with E-state index in [0.29, 0.717) is 37.0 Å². The van der Waals surface area contributed by atoms with Gasteiger partial charge in [0.1, 0.15) is 23.2 Å². The summed E-state index contributed by atoms with van der Waals surface area (Å²) in [5.74, 6) is -4.96. The van der Waals surface area contributed by atoms with Crippen LogP contribution in [0.15, 0.2) is 23.5 Å². The van der Waals surface area contributed by atoms with Crippen LogP contribution in [-0.2, 0) is 38.1 Å². The first kappa shape index (κ1) is 26.8. The average Bonchev–Trinajstić information content (AvgIpc) is 3.39. The fraction of sp³-hybridized carbons (Fsp3) is 0.724. The summed E-state index contributed by atoms with van der Waals surface area (Å²) in [7, 11) is 0. The first-order chi connectivity index (χ1) is 18.2. The van der Waals surface area contributed by atoms with Crippen LogP contribution in [0.5, 0.6) is 0 Å². The molecule has 6 aliphatic rings. The summed E-state index contributed by atoms with van der Waals surface area (Å²) < 4.78 is 23.8. The molecule has 39 heavy (non-hydrogen) atoms. The smallest absolute Gasteiger partial charge is 0.339 e. The van der Waals surface area contributed by atoms with Gasteiger partial charge in [0.05, 0.1) is 30.1 Å². The molecule has 212 valence electrons. The zero-order valence-electron chi connectivity index (χ0n) is 22.8. The molecule has 10 nitrogen and oxygen atoms in total. The van der Waals surface area contributed by atoms with Crippen molar-refractivity contribution in [1.29, 1.82) is 0 Å². The summed E-state index contributed by atoms with van der Waals surface area (Å²) in [6.07, 6.45) is 4.08. The summed E-state index contributed by atoms with van der Waals surface area (Å²) in [4.78, 5) is 51.9. The van der Waals surface area contributed by atoms with Crippen LogP contribution in [0.3, 0.4) is 0 Å². The number of aliphatic hydroxyl groups excluding tert-OH is 1. The number of carbonyl (C=O) groups excluding carboxylic acids is 4. The number of fused-ring (bicyclic) bond motifs is 1. The van der Waals surface area contributed by atoms with Gasteiger partial charge in [-0.1, -0.05) is 13.8 Å². The number of aliphatic hydroxyl groups is 2. The molecular formula is C29H36O10. The second-order valence-corrected chi connectivity index (χ2v) is 13.1. The van der Waals surface area contributed by atoms with Gasteiger partial charge in [0.15, 0.2) is 5.78 Å². The van der Waals surface area contributed by atoms with Gasteiger partial charge in [0, 0.05) is 35.7 Å². The molecule has 0 radical (unpaired) electrons. The number of ether oxygens (including phenoxy) is 4. The van der Waals surface area contributed by atoms with E-state index in [1.807, 2.05) is 0 Å². The van der Waals surface area contributed by atoms with Crippen LogP contribution in [0.4, 0.5) is 0 Å². The molecule has 10 heteroatoms. The lowest BCUT2D eigenvalue weighted by Gasteiger charge is -2.40. The minimum Gasteiger partial charge on any atom is -0.456 e. The summed E-state index contributed by atoms with van der Waals surface area (Å²) in [5.41, 5.74) is -3.82. The highest BCUT2D eigenvalue weighted by Gasteiger charge is 2.75. The van der Waals surface area contributed by atoms with Crippen molar-refractivity contribution in [1.82, 2.24) is 0 Å². The maximum Gasteiger partial charge on any atom is 0.339 e. The van der Waals surface area contributed by atoms with Gasteiger partial charge in [-0.15, -0.1) is 0 Å². The summed E-state index contributed by atoms with van der Waals surface area (Å²) in [6, 6.07) is 0. The van der Waals surface area contributed by atoms with E-state index in [4.69, 9.17) is 18.9 Å². The highest BCUT2D eigenvalue weighted by Crippen LogP contribution is 2.64. The lowest BCUT2D eigenvalue weighted by molar-refractivity contribution is -0.235. The predicted molar refractivity (Wildman–Crippen MR) is 132 cm³/mol. The molecule has 2 spiro atoms. The fourth-order valence-electron chi connectivity index (χ4n) is 8.49. The predicted octanol–water partition coefficient (Wildman–Crippen LogP) is 2.05. The van der Waals surface area contributed by atoms with Gasteiger partial charge in [0.2, 0.25) is 5.79 Å². The molecule has 5 fully saturated rings. The van der Waals surface area contributed by atoms with Crippen LogP contribution in [0.1, 0.15) is 72.6 Å². The van der Waals surface area contributed by atoms with Crippen molar-refractivity contribution in [2.75, 3.05) is 6.61 Å². The summed E-state index contributed by atoms with van der Waals surface area (Å²) >= 11 is 0. The Morgan fingerprint density at radius 2 is 1.92 bits per heavy atom. The number of rotatable bonds is 4. The number of esters is 2. The standard InChI is InChI=1S/C29H36O10/c1-15(9-17-10-16(2)24(34)36-17)22(32)25(3)7-8-27-13-28-19(6-5-18(27)23(33)29(35,12-25)39-27)26(4,14-30)37-20(28)11-21(31)38-28/h9-10,15,18-20,30,35H,5-8,11-14H2,1-4H3/t15-,18+,19+,20-,25+,26+,27+,28-,29-/m1/s1. The molecule has 9 atom stereocenters. The van der Waals surface area contributed by atoms with E-state index in [9.17, 15) is 29.4 Å². The molecule has 2 N–H and O–H groups in total. The number of Topliss-reactive ketones (excluding diaryl/α,β-unsaturated/α-hetero) is 2.